The van der Waals surface area contributed by atoms with Crippen LogP contribution in [0.5, 0.6) is 0 Å². The van der Waals surface area contributed by atoms with Crippen LogP contribution in [0.1, 0.15) is 19.8 Å². The first-order valence-electron chi connectivity index (χ1n) is 12.0. The molecule has 1 aromatic heterocycles. The van der Waals surface area contributed by atoms with Crippen molar-refractivity contribution in [3.05, 3.63) is 64.8 Å². The largest absolute Gasteiger partial charge is 0.466 e. The van der Waals surface area contributed by atoms with E-state index in [-0.39, 0.29) is 16.8 Å². The van der Waals surface area contributed by atoms with Crippen molar-refractivity contribution in [2.45, 2.75) is 31.2 Å². The molecule has 0 bridgehead atoms. The Hall–Kier alpha value is -2.79. The van der Waals surface area contributed by atoms with Gasteiger partial charge in [0.1, 0.15) is 0 Å². The van der Waals surface area contributed by atoms with Crippen molar-refractivity contribution in [2.24, 2.45) is 10.9 Å². The molecule has 1 fully saturated rings. The molecule has 0 atom stereocenters. The number of benzene rings is 2. The minimum absolute atomic E-state index is 0.237. The van der Waals surface area contributed by atoms with Gasteiger partial charge in [-0.15, -0.1) is 11.3 Å². The second-order valence-corrected chi connectivity index (χ2v) is 11.2. The number of piperidine rings is 1. The fraction of sp³-hybridized carbons (Fsp3) is 0.385. The standard InChI is InChI=1S/C26H31N3O5S2/c1-3-34-25(30)20-12-14-28(15-13-20)36(31,32)23-11-7-8-21(18-23)24-19-35-26(29(24)16-17-33-2)27-22-9-5-4-6-10-22/h4-11,18-20H,3,12-17H2,1-2H3. The van der Waals surface area contributed by atoms with E-state index >= 15 is 0 Å². The quantitative estimate of drug-likeness (QED) is 0.390. The zero-order valence-electron chi connectivity index (χ0n) is 20.5. The van der Waals surface area contributed by atoms with Gasteiger partial charge in [-0.05, 0) is 44.0 Å². The molecule has 4 rings (SSSR count). The molecule has 192 valence electrons. The highest BCUT2D eigenvalue weighted by atomic mass is 32.2. The number of thiazole rings is 1. The van der Waals surface area contributed by atoms with E-state index in [1.165, 1.54) is 15.6 Å². The number of sulfonamides is 1. The highest BCUT2D eigenvalue weighted by Crippen LogP contribution is 2.28. The average molecular weight is 530 g/mol. The van der Waals surface area contributed by atoms with Crippen molar-refractivity contribution in [1.82, 2.24) is 8.87 Å². The maximum atomic E-state index is 13.4. The maximum Gasteiger partial charge on any atom is 0.309 e. The van der Waals surface area contributed by atoms with Gasteiger partial charge >= 0.3 is 5.97 Å². The first-order valence-corrected chi connectivity index (χ1v) is 14.3. The third kappa shape index (κ3) is 5.95. The maximum absolute atomic E-state index is 13.4. The lowest BCUT2D eigenvalue weighted by Crippen LogP contribution is -2.40. The molecule has 1 saturated heterocycles. The van der Waals surface area contributed by atoms with Gasteiger partial charge < -0.3 is 14.0 Å². The predicted octanol–water partition coefficient (Wildman–Crippen LogP) is 4.06. The zero-order valence-corrected chi connectivity index (χ0v) is 22.1. The van der Waals surface area contributed by atoms with Crippen LogP contribution < -0.4 is 4.80 Å². The molecule has 1 aliphatic rings. The van der Waals surface area contributed by atoms with Crippen LogP contribution in [0, 0.1) is 5.92 Å². The van der Waals surface area contributed by atoms with Gasteiger partial charge in [0.25, 0.3) is 0 Å². The summed E-state index contributed by atoms with van der Waals surface area (Å²) in [6.45, 7) is 3.77. The predicted molar refractivity (Wildman–Crippen MR) is 139 cm³/mol. The van der Waals surface area contributed by atoms with Crippen LogP contribution in [0.15, 0.2) is 69.9 Å². The van der Waals surface area contributed by atoms with E-state index in [4.69, 9.17) is 14.5 Å². The number of nitrogens with zero attached hydrogens (tertiary/aromatic N) is 3. The van der Waals surface area contributed by atoms with E-state index in [0.717, 1.165) is 21.7 Å². The number of aromatic nitrogens is 1. The molecule has 0 saturated carbocycles. The molecule has 0 aliphatic carbocycles. The fourth-order valence-corrected chi connectivity index (χ4v) is 6.69. The van der Waals surface area contributed by atoms with Crippen molar-refractivity contribution in [1.29, 1.82) is 0 Å². The van der Waals surface area contributed by atoms with Crippen LogP contribution in [0.25, 0.3) is 11.3 Å². The van der Waals surface area contributed by atoms with Crippen LogP contribution in [-0.2, 0) is 30.8 Å². The summed E-state index contributed by atoms with van der Waals surface area (Å²) in [6, 6.07) is 16.7. The number of carbonyl (C=O) groups excluding carboxylic acids is 1. The highest BCUT2D eigenvalue weighted by molar-refractivity contribution is 7.89. The van der Waals surface area contributed by atoms with Gasteiger partial charge in [0.2, 0.25) is 10.0 Å². The summed E-state index contributed by atoms with van der Waals surface area (Å²) in [5.74, 6) is -0.494. The summed E-state index contributed by atoms with van der Waals surface area (Å²) in [4.78, 5) is 17.9. The van der Waals surface area contributed by atoms with Crippen molar-refractivity contribution < 1.29 is 22.7 Å². The van der Waals surface area contributed by atoms with Crippen LogP contribution >= 0.6 is 11.3 Å². The van der Waals surface area contributed by atoms with E-state index in [1.807, 2.05) is 41.8 Å². The number of esters is 1. The van der Waals surface area contributed by atoms with Gasteiger partial charge in [-0.25, -0.2) is 13.4 Å². The van der Waals surface area contributed by atoms with Crippen molar-refractivity contribution >= 4 is 33.0 Å². The van der Waals surface area contributed by atoms with E-state index in [1.54, 1.807) is 32.2 Å². The number of ether oxygens (including phenoxy) is 2. The zero-order chi connectivity index (χ0) is 25.5. The topological polar surface area (TPSA) is 90.2 Å². The second kappa shape index (κ2) is 12.0. The number of methoxy groups -OCH3 is 1. The second-order valence-electron chi connectivity index (χ2n) is 8.45. The number of carbonyl (C=O) groups is 1. The van der Waals surface area contributed by atoms with Gasteiger partial charge in [-0.3, -0.25) is 4.79 Å². The lowest BCUT2D eigenvalue weighted by atomic mass is 9.98. The van der Waals surface area contributed by atoms with Gasteiger partial charge in [0.15, 0.2) is 4.80 Å². The summed E-state index contributed by atoms with van der Waals surface area (Å²) in [5, 5.41) is 1.99. The summed E-state index contributed by atoms with van der Waals surface area (Å²) >= 11 is 1.50. The van der Waals surface area contributed by atoms with E-state index in [9.17, 15) is 13.2 Å². The molecule has 36 heavy (non-hydrogen) atoms. The Morgan fingerprint density at radius 2 is 1.86 bits per heavy atom. The Labute approximate surface area is 215 Å². The minimum atomic E-state index is -3.70. The fourth-order valence-electron chi connectivity index (χ4n) is 4.22. The molecule has 0 radical (unpaired) electrons. The molecular formula is C26H31N3O5S2. The number of hydrogen-bond acceptors (Lipinski definition) is 7. The first-order chi connectivity index (χ1) is 17.4. The first kappa shape index (κ1) is 26.3. The van der Waals surface area contributed by atoms with Crippen molar-refractivity contribution in [2.75, 3.05) is 33.4 Å². The molecule has 3 aromatic rings. The van der Waals surface area contributed by atoms with Gasteiger partial charge in [0, 0.05) is 37.7 Å². The Bertz CT molecular complexity index is 1340. The molecule has 1 aliphatic heterocycles. The molecule has 2 heterocycles. The van der Waals surface area contributed by atoms with Crippen molar-refractivity contribution in [3.8, 4) is 11.3 Å². The number of rotatable bonds is 9. The monoisotopic (exact) mass is 529 g/mol. The molecule has 0 spiro atoms. The third-order valence-corrected chi connectivity index (χ3v) is 8.90. The molecule has 0 unspecified atom stereocenters. The Kier molecular flexibility index (Phi) is 8.73. The lowest BCUT2D eigenvalue weighted by molar-refractivity contribution is -0.149. The Balaban J connectivity index is 1.62. The van der Waals surface area contributed by atoms with Gasteiger partial charge in [-0.2, -0.15) is 4.31 Å². The molecule has 0 N–H and O–H groups in total. The summed E-state index contributed by atoms with van der Waals surface area (Å²) in [5.41, 5.74) is 2.52. The highest BCUT2D eigenvalue weighted by Gasteiger charge is 2.33. The summed E-state index contributed by atoms with van der Waals surface area (Å²) < 4.78 is 40.8. The van der Waals surface area contributed by atoms with E-state index in [0.29, 0.717) is 45.7 Å². The van der Waals surface area contributed by atoms with Crippen LogP contribution in [0.2, 0.25) is 0 Å². The van der Waals surface area contributed by atoms with Gasteiger partial charge in [0.05, 0.1) is 35.4 Å². The lowest BCUT2D eigenvalue weighted by Gasteiger charge is -2.30. The Morgan fingerprint density at radius 1 is 1.11 bits per heavy atom. The van der Waals surface area contributed by atoms with Crippen LogP contribution in [0.3, 0.4) is 0 Å². The van der Waals surface area contributed by atoms with Crippen LogP contribution in [-0.4, -0.2) is 56.7 Å². The molecule has 10 heteroatoms. The molecule has 0 amide bonds. The molecular weight excluding hydrogens is 498 g/mol. The van der Waals surface area contributed by atoms with E-state index in [2.05, 4.69) is 4.57 Å². The van der Waals surface area contributed by atoms with Crippen molar-refractivity contribution in [3.63, 3.8) is 0 Å². The third-order valence-electron chi connectivity index (χ3n) is 6.14. The average Bonchev–Trinajstić information content (AvgIpc) is 3.30. The Morgan fingerprint density at radius 3 is 2.56 bits per heavy atom. The SMILES string of the molecule is CCOC(=O)C1CCN(S(=O)(=O)c2cccc(-c3csc(=Nc4ccccc4)n3CCOC)c2)CC1. The number of hydrogen-bond donors (Lipinski definition) is 0. The smallest absolute Gasteiger partial charge is 0.309 e. The van der Waals surface area contributed by atoms with Gasteiger partial charge in [-0.1, -0.05) is 30.3 Å². The van der Waals surface area contributed by atoms with E-state index < -0.39 is 10.0 Å². The number of para-hydroxylation sites is 1. The summed E-state index contributed by atoms with van der Waals surface area (Å²) in [6.07, 6.45) is 0.924. The molecule has 8 nitrogen and oxygen atoms in total. The van der Waals surface area contributed by atoms with Crippen LogP contribution in [0.4, 0.5) is 5.69 Å². The summed E-state index contributed by atoms with van der Waals surface area (Å²) in [7, 11) is -2.05. The minimum Gasteiger partial charge on any atom is -0.466 e. The normalized spacial score (nSPS) is 15.8. The molecule has 2 aromatic carbocycles.